The number of hydrogen-bond donors (Lipinski definition) is 2. The smallest absolute Gasteiger partial charge is 0.263 e. The number of carbonyl (C=O) groups is 1. The minimum Gasteiger partial charge on any atom is -0.497 e. The first kappa shape index (κ1) is 23.4. The van der Waals surface area contributed by atoms with Crippen molar-refractivity contribution in [3.63, 3.8) is 0 Å². The maximum absolute atomic E-state index is 12.9. The number of methoxy groups -OCH3 is 1. The molecule has 0 aliphatic rings. The summed E-state index contributed by atoms with van der Waals surface area (Å²) in [5, 5.41) is 2.72. The molecule has 0 bridgehead atoms. The van der Waals surface area contributed by atoms with Gasteiger partial charge in [-0.1, -0.05) is 35.9 Å². The highest BCUT2D eigenvalue weighted by molar-refractivity contribution is 7.92. The Morgan fingerprint density at radius 1 is 1.00 bits per heavy atom. The zero-order valence-electron chi connectivity index (χ0n) is 17.6. The average Bonchev–Trinajstić information content (AvgIpc) is 2.78. The Morgan fingerprint density at radius 3 is 2.50 bits per heavy atom. The first-order valence-electron chi connectivity index (χ1n) is 9.73. The lowest BCUT2D eigenvalue weighted by molar-refractivity contribution is 0.0946. The van der Waals surface area contributed by atoms with E-state index in [0.29, 0.717) is 17.2 Å². The number of amides is 1. The second kappa shape index (κ2) is 10.4. The number of nitrogens with one attached hydrogen (secondary N) is 2. The number of hydrogen-bond acceptors (Lipinski definition) is 5. The van der Waals surface area contributed by atoms with E-state index in [1.165, 1.54) is 18.2 Å². The van der Waals surface area contributed by atoms with Crippen LogP contribution in [0.1, 0.15) is 15.9 Å². The number of halogens is 1. The van der Waals surface area contributed by atoms with Gasteiger partial charge in [-0.15, -0.1) is 0 Å². The molecule has 0 saturated carbocycles. The van der Waals surface area contributed by atoms with Crippen LogP contribution in [0.5, 0.6) is 11.5 Å². The third-order valence-corrected chi connectivity index (χ3v) is 6.42. The largest absolute Gasteiger partial charge is 0.497 e. The number of anilines is 1. The van der Waals surface area contributed by atoms with Crippen LogP contribution in [0.4, 0.5) is 5.69 Å². The molecule has 0 aliphatic heterocycles. The zero-order chi connectivity index (χ0) is 23.1. The van der Waals surface area contributed by atoms with Crippen molar-refractivity contribution in [2.75, 3.05) is 25.0 Å². The summed E-state index contributed by atoms with van der Waals surface area (Å²) in [6.45, 7) is 2.24. The number of rotatable bonds is 9. The molecule has 7 nitrogen and oxygen atoms in total. The molecule has 0 aromatic heterocycles. The third kappa shape index (κ3) is 5.93. The minimum atomic E-state index is -3.99. The maximum Gasteiger partial charge on any atom is 0.263 e. The lowest BCUT2D eigenvalue weighted by Gasteiger charge is -2.13. The summed E-state index contributed by atoms with van der Waals surface area (Å²) < 4.78 is 39.0. The molecule has 0 unspecified atom stereocenters. The molecule has 0 radical (unpaired) electrons. The summed E-state index contributed by atoms with van der Waals surface area (Å²) >= 11 is 6.13. The van der Waals surface area contributed by atoms with Gasteiger partial charge in [0.2, 0.25) is 0 Å². The number of ether oxygens (including phenoxy) is 2. The van der Waals surface area contributed by atoms with Crippen molar-refractivity contribution in [1.29, 1.82) is 0 Å². The van der Waals surface area contributed by atoms with Crippen LogP contribution < -0.4 is 19.5 Å². The third-order valence-electron chi connectivity index (χ3n) is 4.57. The van der Waals surface area contributed by atoms with Crippen molar-refractivity contribution in [3.8, 4) is 11.5 Å². The summed E-state index contributed by atoms with van der Waals surface area (Å²) in [6.07, 6.45) is 0. The fourth-order valence-electron chi connectivity index (χ4n) is 2.86. The number of para-hydroxylation sites is 1. The van der Waals surface area contributed by atoms with Gasteiger partial charge in [0.1, 0.15) is 23.0 Å². The SMILES string of the molecule is COc1cccc(OCCNC(=O)c2ccc(Cl)c(S(=O)(=O)Nc3ccccc3C)c2)c1. The molecular weight excluding hydrogens is 452 g/mol. The van der Waals surface area contributed by atoms with Gasteiger partial charge in [-0.2, -0.15) is 0 Å². The molecule has 3 aromatic rings. The predicted molar refractivity (Wildman–Crippen MR) is 124 cm³/mol. The molecule has 0 aliphatic carbocycles. The highest BCUT2D eigenvalue weighted by Gasteiger charge is 2.21. The molecule has 0 spiro atoms. The molecule has 32 heavy (non-hydrogen) atoms. The predicted octanol–water partition coefficient (Wildman–Crippen LogP) is 4.27. The van der Waals surface area contributed by atoms with Gasteiger partial charge in [0, 0.05) is 11.6 Å². The average molecular weight is 475 g/mol. The second-order valence-corrected chi connectivity index (χ2v) is 8.91. The van der Waals surface area contributed by atoms with E-state index >= 15 is 0 Å². The van der Waals surface area contributed by atoms with Gasteiger partial charge in [-0.25, -0.2) is 8.42 Å². The molecule has 3 aromatic carbocycles. The van der Waals surface area contributed by atoms with E-state index in [4.69, 9.17) is 21.1 Å². The number of aryl methyl sites for hydroxylation is 1. The van der Waals surface area contributed by atoms with E-state index in [2.05, 4.69) is 10.0 Å². The lowest BCUT2D eigenvalue weighted by Crippen LogP contribution is -2.28. The molecule has 0 heterocycles. The van der Waals surface area contributed by atoms with Gasteiger partial charge < -0.3 is 14.8 Å². The number of sulfonamides is 1. The standard InChI is InChI=1S/C23H23ClN2O5S/c1-16-6-3-4-9-21(16)26-32(28,29)22-14-17(10-11-20(22)24)23(27)25-12-13-31-19-8-5-7-18(15-19)30-2/h3-11,14-15,26H,12-13H2,1-2H3,(H,25,27). The topological polar surface area (TPSA) is 93.7 Å². The van der Waals surface area contributed by atoms with Crippen LogP contribution in [0.15, 0.2) is 71.6 Å². The van der Waals surface area contributed by atoms with Crippen LogP contribution in [0.2, 0.25) is 5.02 Å². The Hall–Kier alpha value is -3.23. The van der Waals surface area contributed by atoms with E-state index in [0.717, 1.165) is 5.56 Å². The summed E-state index contributed by atoms with van der Waals surface area (Å²) in [5.74, 6) is 0.838. The minimum absolute atomic E-state index is 0.0176. The van der Waals surface area contributed by atoms with Crippen LogP contribution in [-0.4, -0.2) is 34.6 Å². The van der Waals surface area contributed by atoms with E-state index in [-0.39, 0.29) is 28.6 Å². The van der Waals surface area contributed by atoms with Crippen LogP contribution in [0.25, 0.3) is 0 Å². The number of benzene rings is 3. The van der Waals surface area contributed by atoms with Gasteiger partial charge >= 0.3 is 0 Å². The van der Waals surface area contributed by atoms with Crippen LogP contribution >= 0.6 is 11.6 Å². The Kier molecular flexibility index (Phi) is 7.61. The fraction of sp³-hybridized carbons (Fsp3) is 0.174. The summed E-state index contributed by atoms with van der Waals surface area (Å²) in [7, 11) is -2.42. The Balaban J connectivity index is 1.65. The molecular formula is C23H23ClN2O5S. The van der Waals surface area contributed by atoms with Crippen LogP contribution in [0.3, 0.4) is 0 Å². The highest BCUT2D eigenvalue weighted by Crippen LogP contribution is 2.26. The van der Waals surface area contributed by atoms with Gasteiger partial charge in [-0.05, 0) is 48.9 Å². The quantitative estimate of drug-likeness (QED) is 0.452. The van der Waals surface area contributed by atoms with Crippen molar-refractivity contribution < 1.29 is 22.7 Å². The van der Waals surface area contributed by atoms with Crippen LogP contribution in [0, 0.1) is 6.92 Å². The van der Waals surface area contributed by atoms with Crippen molar-refractivity contribution in [2.24, 2.45) is 0 Å². The first-order valence-corrected chi connectivity index (χ1v) is 11.6. The van der Waals surface area contributed by atoms with Crippen molar-refractivity contribution >= 4 is 33.2 Å². The molecule has 3 rings (SSSR count). The summed E-state index contributed by atoms with van der Waals surface area (Å²) in [5.41, 5.74) is 1.37. The molecule has 168 valence electrons. The van der Waals surface area contributed by atoms with E-state index < -0.39 is 15.9 Å². The Labute approximate surface area is 192 Å². The monoisotopic (exact) mass is 474 g/mol. The Bertz CT molecular complexity index is 1210. The van der Waals surface area contributed by atoms with Crippen molar-refractivity contribution in [1.82, 2.24) is 5.32 Å². The molecule has 1 amide bonds. The molecule has 0 atom stereocenters. The first-order chi connectivity index (χ1) is 15.3. The van der Waals surface area contributed by atoms with E-state index in [1.54, 1.807) is 56.5 Å². The second-order valence-electron chi connectivity index (χ2n) is 6.85. The van der Waals surface area contributed by atoms with Crippen molar-refractivity contribution in [3.05, 3.63) is 82.9 Å². The summed E-state index contributed by atoms with van der Waals surface area (Å²) in [6, 6.07) is 18.2. The Morgan fingerprint density at radius 2 is 1.75 bits per heavy atom. The molecule has 2 N–H and O–H groups in total. The van der Waals surface area contributed by atoms with Gasteiger partial charge in [-0.3, -0.25) is 9.52 Å². The maximum atomic E-state index is 12.9. The van der Waals surface area contributed by atoms with Gasteiger partial charge in [0.05, 0.1) is 24.4 Å². The summed E-state index contributed by atoms with van der Waals surface area (Å²) in [4.78, 5) is 12.3. The van der Waals surface area contributed by atoms with Crippen LogP contribution in [-0.2, 0) is 10.0 Å². The van der Waals surface area contributed by atoms with Gasteiger partial charge in [0.25, 0.3) is 15.9 Å². The van der Waals surface area contributed by atoms with E-state index in [9.17, 15) is 13.2 Å². The fourth-order valence-corrected chi connectivity index (χ4v) is 4.52. The van der Waals surface area contributed by atoms with Crippen molar-refractivity contribution in [2.45, 2.75) is 11.8 Å². The van der Waals surface area contributed by atoms with E-state index in [1.807, 2.05) is 6.07 Å². The molecule has 0 saturated heterocycles. The zero-order valence-corrected chi connectivity index (χ0v) is 19.2. The van der Waals surface area contributed by atoms with Gasteiger partial charge in [0.15, 0.2) is 0 Å². The number of carbonyl (C=O) groups excluding carboxylic acids is 1. The molecule has 9 heteroatoms. The lowest BCUT2D eigenvalue weighted by atomic mass is 10.2. The highest BCUT2D eigenvalue weighted by atomic mass is 35.5. The normalized spacial score (nSPS) is 11.0. The molecule has 0 fully saturated rings.